The van der Waals surface area contributed by atoms with Crippen LogP contribution in [0.4, 0.5) is 16.2 Å². The molecule has 2 aliphatic heterocycles. The molecule has 3 aliphatic rings. The largest absolute Gasteiger partial charge is 0.377 e. The maximum atomic E-state index is 14.2. The highest BCUT2D eigenvalue weighted by Gasteiger charge is 2.29. The summed E-state index contributed by atoms with van der Waals surface area (Å²) >= 11 is 0. The van der Waals surface area contributed by atoms with E-state index in [0.717, 1.165) is 79.3 Å². The van der Waals surface area contributed by atoms with Crippen molar-refractivity contribution in [3.8, 4) is 17.2 Å². The van der Waals surface area contributed by atoms with Crippen LogP contribution in [0.15, 0.2) is 24.3 Å². The van der Waals surface area contributed by atoms with Crippen molar-refractivity contribution in [2.45, 2.75) is 64.6 Å². The zero-order valence-corrected chi connectivity index (χ0v) is 23.3. The Morgan fingerprint density at radius 2 is 1.88 bits per heavy atom. The average Bonchev–Trinajstić information content (AvgIpc) is 3.62. The number of hydrogen-bond acceptors (Lipinski definition) is 8. The summed E-state index contributed by atoms with van der Waals surface area (Å²) in [5, 5.41) is 12.0. The van der Waals surface area contributed by atoms with Crippen LogP contribution < -0.4 is 15.5 Å². The van der Waals surface area contributed by atoms with Gasteiger partial charge in [0, 0.05) is 36.0 Å². The molecule has 2 N–H and O–H groups in total. The molecule has 210 valence electrons. The third kappa shape index (κ3) is 4.60. The second-order valence-corrected chi connectivity index (χ2v) is 11.3. The number of ether oxygens (including phenoxy) is 1. The van der Waals surface area contributed by atoms with E-state index in [2.05, 4.69) is 47.1 Å². The van der Waals surface area contributed by atoms with Crippen molar-refractivity contribution in [2.75, 3.05) is 43.1 Å². The van der Waals surface area contributed by atoms with Gasteiger partial charge in [0.25, 0.3) is 0 Å². The van der Waals surface area contributed by atoms with Gasteiger partial charge in [-0.05, 0) is 71.7 Å². The van der Waals surface area contributed by atoms with E-state index in [0.29, 0.717) is 42.7 Å². The molecule has 0 unspecified atom stereocenters. The fourth-order valence-electron chi connectivity index (χ4n) is 6.07. The van der Waals surface area contributed by atoms with Crippen molar-refractivity contribution >= 4 is 22.8 Å². The van der Waals surface area contributed by atoms with E-state index >= 15 is 0 Å². The van der Waals surface area contributed by atoms with Crippen molar-refractivity contribution in [1.29, 1.82) is 0 Å². The molecule has 0 amide bonds. The zero-order valence-electron chi connectivity index (χ0n) is 23.3. The molecule has 1 saturated carbocycles. The molecule has 7 rings (SSSR count). The molecule has 10 nitrogen and oxygen atoms in total. The van der Waals surface area contributed by atoms with Crippen molar-refractivity contribution in [2.24, 2.45) is 0 Å². The number of benzene rings is 1. The molecule has 2 saturated heterocycles. The van der Waals surface area contributed by atoms with Crippen molar-refractivity contribution in [1.82, 2.24) is 34.6 Å². The Hall–Kier alpha value is -3.57. The summed E-state index contributed by atoms with van der Waals surface area (Å²) in [6, 6.07) is 7.67. The third-order valence-electron chi connectivity index (χ3n) is 8.33. The molecule has 4 aromatic rings. The number of halogens is 1. The van der Waals surface area contributed by atoms with Gasteiger partial charge in [-0.3, -0.25) is 4.68 Å². The van der Waals surface area contributed by atoms with Gasteiger partial charge in [-0.2, -0.15) is 10.1 Å². The van der Waals surface area contributed by atoms with Gasteiger partial charge in [-0.25, -0.2) is 18.9 Å². The molecular formula is C29H36FN9O. The quantitative estimate of drug-likeness (QED) is 0.373. The second kappa shape index (κ2) is 10.1. The number of aryl methyl sites for hydroxylation is 1. The average molecular weight is 546 g/mol. The Balaban J connectivity index is 1.41. The minimum Gasteiger partial charge on any atom is -0.377 e. The molecule has 40 heavy (non-hydrogen) atoms. The zero-order chi connectivity index (χ0) is 27.4. The Labute approximate surface area is 233 Å². The maximum Gasteiger partial charge on any atom is 0.239 e. The van der Waals surface area contributed by atoms with Crippen LogP contribution >= 0.6 is 0 Å². The Kier molecular flexibility index (Phi) is 6.42. The minimum absolute atomic E-state index is 0.168. The number of nitrogens with zero attached hydrogens (tertiary/aromatic N) is 7. The first-order valence-electron chi connectivity index (χ1n) is 14.4. The van der Waals surface area contributed by atoms with Crippen LogP contribution in [-0.4, -0.2) is 74.2 Å². The molecule has 1 atom stereocenters. The highest BCUT2D eigenvalue weighted by Crippen LogP contribution is 2.35. The maximum absolute atomic E-state index is 14.2. The van der Waals surface area contributed by atoms with Gasteiger partial charge in [0.1, 0.15) is 11.6 Å². The van der Waals surface area contributed by atoms with Gasteiger partial charge in [-0.15, -0.1) is 0 Å². The molecule has 5 heterocycles. The number of piperidine rings is 1. The summed E-state index contributed by atoms with van der Waals surface area (Å²) in [4.78, 5) is 17.3. The Morgan fingerprint density at radius 3 is 2.65 bits per heavy atom. The summed E-state index contributed by atoms with van der Waals surface area (Å²) in [6.07, 6.45) is 4.29. The van der Waals surface area contributed by atoms with E-state index in [1.807, 2.05) is 4.57 Å². The van der Waals surface area contributed by atoms with Crippen LogP contribution in [0, 0.1) is 19.7 Å². The predicted molar refractivity (Wildman–Crippen MR) is 153 cm³/mol. The van der Waals surface area contributed by atoms with Gasteiger partial charge >= 0.3 is 0 Å². The van der Waals surface area contributed by atoms with Crippen molar-refractivity contribution in [3.05, 3.63) is 41.5 Å². The van der Waals surface area contributed by atoms with E-state index in [1.165, 1.54) is 12.1 Å². The molecule has 11 heteroatoms. The Bertz CT molecular complexity index is 1550. The van der Waals surface area contributed by atoms with E-state index in [1.54, 1.807) is 6.07 Å². The van der Waals surface area contributed by atoms with Crippen LogP contribution in [0.3, 0.4) is 0 Å². The van der Waals surface area contributed by atoms with E-state index in [9.17, 15) is 4.39 Å². The number of nitrogens with one attached hydrogen (secondary N) is 2. The number of imidazole rings is 1. The fourth-order valence-corrected chi connectivity index (χ4v) is 6.07. The number of morpholine rings is 1. The number of fused-ring (bicyclic) bond motifs is 1. The first-order valence-corrected chi connectivity index (χ1v) is 14.4. The van der Waals surface area contributed by atoms with Gasteiger partial charge in [0.15, 0.2) is 0 Å². The number of aromatic nitrogens is 6. The lowest BCUT2D eigenvalue weighted by Crippen LogP contribution is -2.44. The summed E-state index contributed by atoms with van der Waals surface area (Å²) in [5.74, 6) is 1.67. The number of anilines is 2. The molecule has 3 aromatic heterocycles. The van der Waals surface area contributed by atoms with Crippen LogP contribution in [0.1, 0.15) is 50.0 Å². The van der Waals surface area contributed by atoms with Gasteiger partial charge < -0.3 is 20.3 Å². The first-order chi connectivity index (χ1) is 19.5. The van der Waals surface area contributed by atoms with Gasteiger partial charge in [-0.1, -0.05) is 0 Å². The topological polar surface area (TPSA) is 98.0 Å². The summed E-state index contributed by atoms with van der Waals surface area (Å²) < 4.78 is 24.1. The van der Waals surface area contributed by atoms with Crippen LogP contribution in [-0.2, 0) is 4.74 Å². The monoisotopic (exact) mass is 545 g/mol. The van der Waals surface area contributed by atoms with E-state index < -0.39 is 0 Å². The third-order valence-corrected chi connectivity index (χ3v) is 8.33. The lowest BCUT2D eigenvalue weighted by atomic mass is 10.1. The molecule has 0 bridgehead atoms. The second-order valence-electron chi connectivity index (χ2n) is 11.3. The van der Waals surface area contributed by atoms with Crippen molar-refractivity contribution < 1.29 is 9.13 Å². The molecular weight excluding hydrogens is 509 g/mol. The first kappa shape index (κ1) is 25.4. The SMILES string of the molecule is Cc1nn(C2CCNCC2)c(C)c1-c1cc(N2CCOC[C@H]2C)nc(-n2c(NC3CC3)nc3cc(F)ccc32)n1. The molecule has 0 radical (unpaired) electrons. The normalized spacial score (nSPS) is 20.4. The molecule has 1 aliphatic carbocycles. The van der Waals surface area contributed by atoms with Crippen molar-refractivity contribution in [3.63, 3.8) is 0 Å². The van der Waals surface area contributed by atoms with Crippen LogP contribution in [0.5, 0.6) is 0 Å². The molecule has 0 spiro atoms. The van der Waals surface area contributed by atoms with Gasteiger partial charge in [0.2, 0.25) is 11.9 Å². The van der Waals surface area contributed by atoms with Crippen LogP contribution in [0.25, 0.3) is 28.2 Å². The van der Waals surface area contributed by atoms with Gasteiger partial charge in [0.05, 0.1) is 47.7 Å². The molecule has 3 fully saturated rings. The van der Waals surface area contributed by atoms with E-state index in [4.69, 9.17) is 24.8 Å². The molecule has 1 aromatic carbocycles. The highest BCUT2D eigenvalue weighted by molar-refractivity contribution is 5.81. The van der Waals surface area contributed by atoms with E-state index in [-0.39, 0.29) is 11.9 Å². The standard InChI is InChI=1S/C29H36FN9O/c1-17-16-40-13-12-37(17)26-15-24(27-18(2)36-39(19(27)3)22-8-10-31-11-9-22)34-29(35-26)38-25-7-4-20(30)14-23(25)33-28(38)32-21-5-6-21/h4,7,14-15,17,21-22,31H,5-6,8-13,16H2,1-3H3,(H,32,33)/t17-/m1/s1. The summed E-state index contributed by atoms with van der Waals surface area (Å²) in [5.41, 5.74) is 5.28. The summed E-state index contributed by atoms with van der Waals surface area (Å²) in [7, 11) is 0. The smallest absolute Gasteiger partial charge is 0.239 e. The van der Waals surface area contributed by atoms with Crippen LogP contribution in [0.2, 0.25) is 0 Å². The number of hydrogen-bond donors (Lipinski definition) is 2. The highest BCUT2D eigenvalue weighted by atomic mass is 19.1. The number of rotatable bonds is 6. The summed E-state index contributed by atoms with van der Waals surface area (Å²) in [6.45, 7) is 10.4. The minimum atomic E-state index is -0.316. The predicted octanol–water partition coefficient (Wildman–Crippen LogP) is 4.16. The fraction of sp³-hybridized carbons (Fsp3) is 0.517. The lowest BCUT2D eigenvalue weighted by Gasteiger charge is -2.34. The Morgan fingerprint density at radius 1 is 1.05 bits per heavy atom. The lowest BCUT2D eigenvalue weighted by molar-refractivity contribution is 0.0985.